The number of hydrogen-bond acceptors (Lipinski definition) is 2. The molecule has 2 rings (SSSR count). The smallest absolute Gasteiger partial charge is 0.239 e. The fourth-order valence-corrected chi connectivity index (χ4v) is 3.14. The number of piperidine rings is 1. The third kappa shape index (κ3) is 5.15. The molecule has 0 aromatic heterocycles. The topological polar surface area (TPSA) is 46.3 Å². The molecule has 3 nitrogen and oxygen atoms in total. The van der Waals surface area contributed by atoms with Crippen molar-refractivity contribution in [2.24, 2.45) is 11.7 Å². The number of rotatable bonds is 4. The largest absolute Gasteiger partial charge is 0.341 e. The van der Waals surface area contributed by atoms with Crippen LogP contribution in [0.1, 0.15) is 44.6 Å². The van der Waals surface area contributed by atoms with Crippen LogP contribution < -0.4 is 5.73 Å². The first-order valence-electron chi connectivity index (χ1n) is 7.77. The fraction of sp³-hybridized carbons (Fsp3) is 0.588. The normalized spacial score (nSPS) is 17.2. The molecule has 0 saturated carbocycles. The molecule has 0 aliphatic carbocycles. The Morgan fingerprint density at radius 1 is 1.27 bits per heavy atom. The van der Waals surface area contributed by atoms with Crippen LogP contribution in [-0.4, -0.2) is 29.9 Å². The predicted octanol–water partition coefficient (Wildman–Crippen LogP) is 3.84. The third-order valence-electron chi connectivity index (χ3n) is 4.19. The van der Waals surface area contributed by atoms with Gasteiger partial charge in [0, 0.05) is 18.1 Å². The van der Waals surface area contributed by atoms with Gasteiger partial charge in [-0.3, -0.25) is 4.79 Å². The van der Waals surface area contributed by atoms with Crippen LogP contribution >= 0.6 is 24.0 Å². The zero-order valence-corrected chi connectivity index (χ0v) is 14.9. The number of nitrogens with two attached hydrogens (primary N) is 1. The maximum absolute atomic E-state index is 12.3. The first-order valence-corrected chi connectivity index (χ1v) is 8.15. The molecule has 1 fully saturated rings. The highest BCUT2D eigenvalue weighted by molar-refractivity contribution is 6.30. The van der Waals surface area contributed by atoms with Crippen LogP contribution in [0.25, 0.3) is 0 Å². The summed E-state index contributed by atoms with van der Waals surface area (Å²) in [6.45, 7) is 5.80. The molecule has 1 unspecified atom stereocenters. The maximum Gasteiger partial charge on any atom is 0.239 e. The number of carbonyl (C=O) groups excluding carboxylic acids is 1. The Kier molecular flexibility index (Phi) is 7.67. The number of benzene rings is 1. The Morgan fingerprint density at radius 2 is 1.82 bits per heavy atom. The van der Waals surface area contributed by atoms with E-state index in [0.29, 0.717) is 11.8 Å². The molecule has 5 heteroatoms. The molecular weight excluding hydrogens is 319 g/mol. The summed E-state index contributed by atoms with van der Waals surface area (Å²) in [4.78, 5) is 14.2. The molecule has 1 atom stereocenters. The molecule has 124 valence electrons. The average Bonchev–Trinajstić information content (AvgIpc) is 2.47. The number of carbonyl (C=O) groups is 1. The van der Waals surface area contributed by atoms with Gasteiger partial charge in [0.05, 0.1) is 6.04 Å². The molecule has 1 aromatic rings. The molecule has 1 aliphatic rings. The molecule has 1 aromatic carbocycles. The van der Waals surface area contributed by atoms with Gasteiger partial charge < -0.3 is 10.6 Å². The van der Waals surface area contributed by atoms with E-state index in [1.54, 1.807) is 0 Å². The summed E-state index contributed by atoms with van der Waals surface area (Å²) < 4.78 is 0. The van der Waals surface area contributed by atoms with Crippen molar-refractivity contribution in [2.75, 3.05) is 13.1 Å². The summed E-state index contributed by atoms with van der Waals surface area (Å²) in [5.41, 5.74) is 7.32. The van der Waals surface area contributed by atoms with Gasteiger partial charge in [-0.15, -0.1) is 12.4 Å². The highest BCUT2D eigenvalue weighted by atomic mass is 35.5. The highest BCUT2D eigenvalue weighted by Crippen LogP contribution is 2.29. The van der Waals surface area contributed by atoms with Crippen LogP contribution in [0.3, 0.4) is 0 Å². The summed E-state index contributed by atoms with van der Waals surface area (Å²) in [5, 5.41) is 0.769. The van der Waals surface area contributed by atoms with Gasteiger partial charge in [0.1, 0.15) is 0 Å². The van der Waals surface area contributed by atoms with Gasteiger partial charge >= 0.3 is 0 Å². The first kappa shape index (κ1) is 19.3. The van der Waals surface area contributed by atoms with E-state index >= 15 is 0 Å². The predicted molar refractivity (Wildman–Crippen MR) is 94.7 cm³/mol. The van der Waals surface area contributed by atoms with Crippen molar-refractivity contribution in [3.8, 4) is 0 Å². The van der Waals surface area contributed by atoms with Crippen molar-refractivity contribution in [3.63, 3.8) is 0 Å². The van der Waals surface area contributed by atoms with Gasteiger partial charge in [-0.25, -0.2) is 0 Å². The molecule has 1 aliphatic heterocycles. The minimum atomic E-state index is -0.350. The van der Waals surface area contributed by atoms with Crippen molar-refractivity contribution < 1.29 is 4.79 Å². The van der Waals surface area contributed by atoms with E-state index in [1.165, 1.54) is 5.56 Å². The van der Waals surface area contributed by atoms with Crippen LogP contribution in [0.5, 0.6) is 0 Å². The number of halogens is 2. The standard InChI is InChI=1S/C17H25ClN2O.ClH/c1-12(2)11-16(19)17(21)20-9-7-14(8-10-20)13-3-5-15(18)6-4-13;/h3-6,12,14,16H,7-11,19H2,1-2H3;1H. The summed E-state index contributed by atoms with van der Waals surface area (Å²) in [6.07, 6.45) is 2.76. The van der Waals surface area contributed by atoms with Crippen molar-refractivity contribution >= 4 is 29.9 Å². The van der Waals surface area contributed by atoms with Crippen molar-refractivity contribution in [3.05, 3.63) is 34.9 Å². The van der Waals surface area contributed by atoms with E-state index in [4.69, 9.17) is 17.3 Å². The Morgan fingerprint density at radius 3 is 2.32 bits per heavy atom. The minimum Gasteiger partial charge on any atom is -0.341 e. The number of nitrogens with zero attached hydrogens (tertiary/aromatic N) is 1. The quantitative estimate of drug-likeness (QED) is 0.901. The van der Waals surface area contributed by atoms with Gasteiger partial charge in [0.2, 0.25) is 5.91 Å². The van der Waals surface area contributed by atoms with E-state index in [9.17, 15) is 4.79 Å². The van der Waals surface area contributed by atoms with Crippen LogP contribution in [0, 0.1) is 5.92 Å². The molecule has 1 amide bonds. The second-order valence-corrected chi connectivity index (χ2v) is 6.82. The molecule has 2 N–H and O–H groups in total. The molecule has 0 radical (unpaired) electrons. The van der Waals surface area contributed by atoms with Crippen molar-refractivity contribution in [1.29, 1.82) is 0 Å². The van der Waals surface area contributed by atoms with E-state index in [2.05, 4.69) is 26.0 Å². The molecule has 22 heavy (non-hydrogen) atoms. The molecule has 0 spiro atoms. The number of amides is 1. The summed E-state index contributed by atoms with van der Waals surface area (Å²) >= 11 is 5.92. The summed E-state index contributed by atoms with van der Waals surface area (Å²) in [7, 11) is 0. The van der Waals surface area contributed by atoms with Crippen LogP contribution in [0.15, 0.2) is 24.3 Å². The Hall–Kier alpha value is -0.770. The SMILES string of the molecule is CC(C)CC(N)C(=O)N1CCC(c2ccc(Cl)cc2)CC1.Cl. The van der Waals surface area contributed by atoms with Crippen molar-refractivity contribution in [2.45, 2.75) is 45.1 Å². The van der Waals surface area contributed by atoms with Crippen LogP contribution in [0.4, 0.5) is 0 Å². The lowest BCUT2D eigenvalue weighted by Crippen LogP contribution is -2.47. The highest BCUT2D eigenvalue weighted by Gasteiger charge is 2.27. The molecular formula is C17H26Cl2N2O. The van der Waals surface area contributed by atoms with Gasteiger partial charge in [0.15, 0.2) is 0 Å². The van der Waals surface area contributed by atoms with E-state index in [-0.39, 0.29) is 24.4 Å². The van der Waals surface area contributed by atoms with Gasteiger partial charge in [0.25, 0.3) is 0 Å². The Labute approximate surface area is 144 Å². The zero-order chi connectivity index (χ0) is 15.4. The van der Waals surface area contributed by atoms with E-state index in [0.717, 1.165) is 37.4 Å². The number of hydrogen-bond donors (Lipinski definition) is 1. The summed E-state index contributed by atoms with van der Waals surface area (Å²) in [5.74, 6) is 1.08. The zero-order valence-electron chi connectivity index (χ0n) is 13.3. The molecule has 1 saturated heterocycles. The van der Waals surface area contributed by atoms with Crippen LogP contribution in [-0.2, 0) is 4.79 Å². The lowest BCUT2D eigenvalue weighted by atomic mass is 9.89. The summed E-state index contributed by atoms with van der Waals surface area (Å²) in [6, 6.07) is 7.71. The maximum atomic E-state index is 12.3. The van der Waals surface area contributed by atoms with Gasteiger partial charge in [-0.2, -0.15) is 0 Å². The Balaban J connectivity index is 0.00000242. The number of likely N-dealkylation sites (tertiary alicyclic amines) is 1. The molecule has 0 bridgehead atoms. The third-order valence-corrected chi connectivity index (χ3v) is 4.44. The second kappa shape index (κ2) is 8.76. The molecule has 1 heterocycles. The van der Waals surface area contributed by atoms with E-state index in [1.807, 2.05) is 17.0 Å². The lowest BCUT2D eigenvalue weighted by Gasteiger charge is -2.34. The second-order valence-electron chi connectivity index (χ2n) is 6.39. The van der Waals surface area contributed by atoms with Crippen LogP contribution in [0.2, 0.25) is 5.02 Å². The van der Waals surface area contributed by atoms with Crippen molar-refractivity contribution in [1.82, 2.24) is 4.90 Å². The minimum absolute atomic E-state index is 0. The average molecular weight is 345 g/mol. The Bertz CT molecular complexity index is 468. The van der Waals surface area contributed by atoms with Gasteiger partial charge in [-0.1, -0.05) is 37.6 Å². The fourth-order valence-electron chi connectivity index (χ4n) is 3.01. The lowest BCUT2D eigenvalue weighted by molar-refractivity contribution is -0.134. The van der Waals surface area contributed by atoms with Gasteiger partial charge in [-0.05, 0) is 48.8 Å². The monoisotopic (exact) mass is 344 g/mol. The first-order chi connectivity index (χ1) is 9.97. The van der Waals surface area contributed by atoms with E-state index < -0.39 is 0 Å².